The van der Waals surface area contributed by atoms with Gasteiger partial charge in [0.1, 0.15) is 0 Å². The van der Waals surface area contributed by atoms with E-state index in [1.54, 1.807) is 4.90 Å². The van der Waals surface area contributed by atoms with Gasteiger partial charge in [0.05, 0.1) is 11.5 Å². The minimum Gasteiger partial charge on any atom is -0.335 e. The van der Waals surface area contributed by atoms with E-state index in [9.17, 15) is 13.2 Å². The molecule has 0 aliphatic carbocycles. The molecular weight excluding hydrogens is 413 g/mol. The molecule has 1 saturated heterocycles. The molecule has 1 atom stereocenters. The van der Waals surface area contributed by atoms with Crippen molar-refractivity contribution in [1.82, 2.24) is 4.90 Å². The molecule has 1 unspecified atom stereocenters. The smallest absolute Gasteiger partial charge is 0.254 e. The largest absolute Gasteiger partial charge is 0.335 e. The fourth-order valence-corrected chi connectivity index (χ4v) is 4.94. The third-order valence-corrected chi connectivity index (χ3v) is 6.99. The average Bonchev–Trinajstić information content (AvgIpc) is 2.82. The topological polar surface area (TPSA) is 54.5 Å². The van der Waals surface area contributed by atoms with Gasteiger partial charge in [-0.1, -0.05) is 19.4 Å². The van der Waals surface area contributed by atoms with Gasteiger partial charge in [-0.15, -0.1) is 0 Å². The Morgan fingerprint density at radius 3 is 2.68 bits per heavy atom. The summed E-state index contributed by atoms with van der Waals surface area (Å²) in [4.78, 5) is 14.6. The summed E-state index contributed by atoms with van der Waals surface area (Å²) >= 11 is 2.22. The molecule has 2 rings (SSSR count). The molecule has 0 saturated carbocycles. The zero-order valence-electron chi connectivity index (χ0n) is 13.0. The Balaban J connectivity index is 2.24. The molecule has 0 radical (unpaired) electrons. The molecule has 1 amide bonds. The van der Waals surface area contributed by atoms with Crippen molar-refractivity contribution in [2.24, 2.45) is 0 Å². The molecule has 0 bridgehead atoms. The van der Waals surface area contributed by atoms with Crippen molar-refractivity contribution < 1.29 is 13.2 Å². The molecule has 1 aromatic carbocycles. The number of benzene rings is 1. The van der Waals surface area contributed by atoms with Crippen molar-refractivity contribution in [2.75, 3.05) is 18.1 Å². The molecule has 4 nitrogen and oxygen atoms in total. The highest BCUT2D eigenvalue weighted by Crippen LogP contribution is 2.22. The Morgan fingerprint density at radius 2 is 2.14 bits per heavy atom. The second-order valence-corrected chi connectivity index (χ2v) is 9.26. The number of carbonyl (C=O) groups is 1. The second kappa shape index (κ2) is 7.29. The molecule has 6 heteroatoms. The van der Waals surface area contributed by atoms with Crippen molar-refractivity contribution in [2.45, 2.75) is 39.2 Å². The van der Waals surface area contributed by atoms with Gasteiger partial charge in [0.2, 0.25) is 0 Å². The van der Waals surface area contributed by atoms with Crippen molar-refractivity contribution in [1.29, 1.82) is 0 Å². The summed E-state index contributed by atoms with van der Waals surface area (Å²) in [6.07, 6.45) is 2.43. The molecule has 1 heterocycles. The van der Waals surface area contributed by atoms with E-state index >= 15 is 0 Å². The predicted octanol–water partition coefficient (Wildman–Crippen LogP) is 3.03. The summed E-state index contributed by atoms with van der Waals surface area (Å²) < 4.78 is 24.5. The lowest BCUT2D eigenvalue weighted by molar-refractivity contribution is 0.0694. The van der Waals surface area contributed by atoms with Crippen LogP contribution in [0.15, 0.2) is 18.2 Å². The first-order valence-corrected chi connectivity index (χ1v) is 10.5. The maximum Gasteiger partial charge on any atom is 0.254 e. The van der Waals surface area contributed by atoms with Gasteiger partial charge in [0.15, 0.2) is 9.84 Å². The van der Waals surface area contributed by atoms with Crippen molar-refractivity contribution in [3.63, 3.8) is 0 Å². The Hall–Kier alpha value is -0.630. The SMILES string of the molecule is CCCCN(C(=O)c1ccc(C)c(I)c1)C1CCS(=O)(=O)C1. The highest BCUT2D eigenvalue weighted by Gasteiger charge is 2.34. The number of rotatable bonds is 5. The number of hydrogen-bond acceptors (Lipinski definition) is 3. The van der Waals surface area contributed by atoms with E-state index < -0.39 is 9.84 Å². The van der Waals surface area contributed by atoms with E-state index in [-0.39, 0.29) is 23.5 Å². The molecule has 1 aliphatic heterocycles. The van der Waals surface area contributed by atoms with E-state index in [0.717, 1.165) is 22.0 Å². The van der Waals surface area contributed by atoms with Gasteiger partial charge in [-0.05, 0) is 60.1 Å². The molecule has 1 aromatic rings. The van der Waals surface area contributed by atoms with Gasteiger partial charge in [0, 0.05) is 21.7 Å². The van der Waals surface area contributed by atoms with Crippen molar-refractivity contribution >= 4 is 38.3 Å². The number of aryl methyl sites for hydroxylation is 1. The number of unbranched alkanes of at least 4 members (excludes halogenated alkanes) is 1. The van der Waals surface area contributed by atoms with Crippen LogP contribution in [0.25, 0.3) is 0 Å². The van der Waals surface area contributed by atoms with Crippen LogP contribution in [0.5, 0.6) is 0 Å². The van der Waals surface area contributed by atoms with Crippen LogP contribution < -0.4 is 0 Å². The minimum atomic E-state index is -2.99. The van der Waals surface area contributed by atoms with Gasteiger partial charge in [-0.25, -0.2) is 8.42 Å². The third kappa shape index (κ3) is 4.22. The summed E-state index contributed by atoms with van der Waals surface area (Å²) in [6.45, 7) is 4.71. The zero-order valence-corrected chi connectivity index (χ0v) is 16.0. The van der Waals surface area contributed by atoms with E-state index in [0.29, 0.717) is 18.5 Å². The summed E-state index contributed by atoms with van der Waals surface area (Å²) in [7, 11) is -2.99. The average molecular weight is 435 g/mol. The first-order chi connectivity index (χ1) is 10.3. The predicted molar refractivity (Wildman–Crippen MR) is 96.9 cm³/mol. The van der Waals surface area contributed by atoms with Crippen molar-refractivity contribution in [3.8, 4) is 0 Å². The van der Waals surface area contributed by atoms with Crippen LogP contribution in [0, 0.1) is 10.5 Å². The summed E-state index contributed by atoms with van der Waals surface area (Å²) in [6, 6.07) is 5.49. The number of halogens is 1. The quantitative estimate of drug-likeness (QED) is 0.669. The molecule has 0 spiro atoms. The molecule has 0 N–H and O–H groups in total. The minimum absolute atomic E-state index is 0.0477. The van der Waals surface area contributed by atoms with E-state index in [1.165, 1.54) is 0 Å². The lowest BCUT2D eigenvalue weighted by atomic mass is 10.1. The number of sulfone groups is 1. The van der Waals surface area contributed by atoms with Gasteiger partial charge >= 0.3 is 0 Å². The van der Waals surface area contributed by atoms with Gasteiger partial charge < -0.3 is 4.90 Å². The standard InChI is InChI=1S/C16H22INO3S/c1-3-4-8-18(14-7-9-22(20,21)11-14)16(19)13-6-5-12(2)15(17)10-13/h5-6,10,14H,3-4,7-9,11H2,1-2H3. The van der Waals surface area contributed by atoms with E-state index in [2.05, 4.69) is 29.5 Å². The van der Waals surface area contributed by atoms with Crippen LogP contribution in [-0.2, 0) is 9.84 Å². The molecular formula is C16H22INO3S. The molecule has 122 valence electrons. The molecule has 1 fully saturated rings. The van der Waals surface area contributed by atoms with Gasteiger partial charge in [0.25, 0.3) is 5.91 Å². The van der Waals surface area contributed by atoms with Crippen LogP contribution in [0.2, 0.25) is 0 Å². The highest BCUT2D eigenvalue weighted by atomic mass is 127. The molecule has 1 aliphatic rings. The first-order valence-electron chi connectivity index (χ1n) is 7.61. The van der Waals surface area contributed by atoms with E-state index in [4.69, 9.17) is 0 Å². The Bertz CT molecular complexity index is 657. The molecule has 22 heavy (non-hydrogen) atoms. The first kappa shape index (κ1) is 17.7. The van der Waals surface area contributed by atoms with Crippen LogP contribution in [-0.4, -0.2) is 43.3 Å². The van der Waals surface area contributed by atoms with Gasteiger partial charge in [-0.2, -0.15) is 0 Å². The second-order valence-electron chi connectivity index (χ2n) is 5.87. The van der Waals surface area contributed by atoms with Crippen molar-refractivity contribution in [3.05, 3.63) is 32.9 Å². The summed E-state index contributed by atoms with van der Waals surface area (Å²) in [5, 5.41) is 0. The number of nitrogens with zero attached hydrogens (tertiary/aromatic N) is 1. The van der Waals surface area contributed by atoms with Crippen LogP contribution >= 0.6 is 22.6 Å². The maximum atomic E-state index is 12.8. The summed E-state index contributed by atoms with van der Waals surface area (Å²) in [5.74, 6) is 0.248. The van der Waals surface area contributed by atoms with Crippen LogP contribution in [0.1, 0.15) is 42.1 Å². The fourth-order valence-electron chi connectivity index (χ4n) is 2.69. The Morgan fingerprint density at radius 1 is 1.41 bits per heavy atom. The number of hydrogen-bond donors (Lipinski definition) is 0. The third-order valence-electron chi connectivity index (χ3n) is 4.08. The van der Waals surface area contributed by atoms with E-state index in [1.807, 2.05) is 25.1 Å². The monoisotopic (exact) mass is 435 g/mol. The van der Waals surface area contributed by atoms with Crippen LogP contribution in [0.4, 0.5) is 0 Å². The fraction of sp³-hybridized carbons (Fsp3) is 0.562. The number of carbonyl (C=O) groups excluding carboxylic acids is 1. The maximum absolute atomic E-state index is 12.8. The van der Waals surface area contributed by atoms with Crippen LogP contribution in [0.3, 0.4) is 0 Å². The highest BCUT2D eigenvalue weighted by molar-refractivity contribution is 14.1. The Kier molecular flexibility index (Phi) is 5.87. The molecule has 0 aromatic heterocycles. The normalized spacial score (nSPS) is 20.0. The lowest BCUT2D eigenvalue weighted by Crippen LogP contribution is -2.41. The Labute approximate surface area is 146 Å². The number of amides is 1. The summed E-state index contributed by atoms with van der Waals surface area (Å²) in [5.41, 5.74) is 1.79. The zero-order chi connectivity index (χ0) is 16.3. The lowest BCUT2D eigenvalue weighted by Gasteiger charge is -2.28. The van der Waals surface area contributed by atoms with Gasteiger partial charge in [-0.3, -0.25) is 4.79 Å².